The van der Waals surface area contributed by atoms with Crippen LogP contribution < -0.4 is 5.69 Å². The van der Waals surface area contributed by atoms with Crippen molar-refractivity contribution >= 4 is 11.6 Å². The van der Waals surface area contributed by atoms with Crippen LogP contribution in [0.3, 0.4) is 0 Å². The molecule has 8 heteroatoms. The number of hydrogen-bond donors (Lipinski definition) is 1. The molecule has 2 heterocycles. The fraction of sp³-hybridized carbons (Fsp3) is 0.583. The average Bonchev–Trinajstić information content (AvgIpc) is 2.84. The van der Waals surface area contributed by atoms with Crippen molar-refractivity contribution in [3.63, 3.8) is 0 Å². The zero-order chi connectivity index (χ0) is 14.3. The fourth-order valence-corrected chi connectivity index (χ4v) is 2.78. The molecule has 2 aromatic heterocycles. The van der Waals surface area contributed by atoms with Crippen LogP contribution in [-0.4, -0.2) is 35.5 Å². The van der Waals surface area contributed by atoms with Crippen LogP contribution in [0.4, 0.5) is 0 Å². The molecule has 0 unspecified atom stereocenters. The topological polar surface area (TPSA) is 102 Å². The van der Waals surface area contributed by atoms with E-state index < -0.39 is 11.7 Å². The Bertz CT molecular complexity index is 727. The Kier molecular flexibility index (Phi) is 3.00. The van der Waals surface area contributed by atoms with E-state index in [2.05, 4.69) is 15.3 Å². The molecule has 1 N–H and O–H groups in total. The highest BCUT2D eigenvalue weighted by atomic mass is 16.4. The normalized spacial score (nSPS) is 16.6. The highest BCUT2D eigenvalue weighted by Crippen LogP contribution is 2.32. The Labute approximate surface area is 114 Å². The van der Waals surface area contributed by atoms with E-state index >= 15 is 0 Å². The van der Waals surface area contributed by atoms with Gasteiger partial charge in [0.15, 0.2) is 11.3 Å². The maximum atomic E-state index is 12.2. The number of carboxylic acid groups (broad SMARTS) is 1. The van der Waals surface area contributed by atoms with Gasteiger partial charge in [0.1, 0.15) is 5.82 Å². The van der Waals surface area contributed by atoms with Crippen LogP contribution in [0, 0.1) is 0 Å². The summed E-state index contributed by atoms with van der Waals surface area (Å²) in [7, 11) is 1.49. The smallest absolute Gasteiger partial charge is 0.358 e. The van der Waals surface area contributed by atoms with E-state index in [0.717, 1.165) is 30.4 Å². The number of carboxylic acids is 1. The third-order valence-electron chi connectivity index (χ3n) is 3.79. The predicted molar refractivity (Wildman–Crippen MR) is 68.8 cm³/mol. The average molecular weight is 277 g/mol. The maximum Gasteiger partial charge on any atom is 0.358 e. The second-order valence-electron chi connectivity index (χ2n) is 5.11. The van der Waals surface area contributed by atoms with E-state index in [1.54, 1.807) is 0 Å². The number of hydrogen-bond acceptors (Lipinski definition) is 5. The first-order chi connectivity index (χ1) is 9.59. The Morgan fingerprint density at radius 1 is 1.30 bits per heavy atom. The van der Waals surface area contributed by atoms with Crippen LogP contribution in [0.25, 0.3) is 5.65 Å². The van der Waals surface area contributed by atoms with E-state index in [4.69, 9.17) is 0 Å². The van der Waals surface area contributed by atoms with Gasteiger partial charge in [0.2, 0.25) is 0 Å². The lowest BCUT2D eigenvalue weighted by Gasteiger charge is -2.19. The number of rotatable bonds is 2. The van der Waals surface area contributed by atoms with Gasteiger partial charge in [0, 0.05) is 13.0 Å². The Morgan fingerprint density at radius 2 is 2.00 bits per heavy atom. The largest absolute Gasteiger partial charge is 0.476 e. The molecule has 0 aromatic carbocycles. The standard InChI is InChI=1S/C12H15N5O3/c1-16-12(20)17-9(7-5-3-2-4-6-7)13-8(11(18)19)10(17)14-15-16/h7H,2-6H2,1H3,(H,18,19). The molecule has 2 aromatic rings. The molecule has 0 atom stereocenters. The summed E-state index contributed by atoms with van der Waals surface area (Å²) in [5.41, 5.74) is -0.576. The fourth-order valence-electron chi connectivity index (χ4n) is 2.78. The number of aryl methyl sites for hydroxylation is 1. The summed E-state index contributed by atoms with van der Waals surface area (Å²) in [6.45, 7) is 0. The van der Waals surface area contributed by atoms with E-state index in [0.29, 0.717) is 5.82 Å². The molecular formula is C12H15N5O3. The first-order valence-electron chi connectivity index (χ1n) is 6.65. The molecule has 1 aliphatic rings. The van der Waals surface area contributed by atoms with Crippen molar-refractivity contribution < 1.29 is 9.90 Å². The summed E-state index contributed by atoms with van der Waals surface area (Å²) in [5, 5.41) is 16.7. The summed E-state index contributed by atoms with van der Waals surface area (Å²) >= 11 is 0. The van der Waals surface area contributed by atoms with Gasteiger partial charge in [-0.05, 0) is 12.8 Å². The van der Waals surface area contributed by atoms with Crippen molar-refractivity contribution in [1.29, 1.82) is 0 Å². The number of carbonyl (C=O) groups is 1. The number of imidazole rings is 1. The van der Waals surface area contributed by atoms with Gasteiger partial charge in [-0.3, -0.25) is 0 Å². The highest BCUT2D eigenvalue weighted by Gasteiger charge is 2.27. The number of fused-ring (bicyclic) bond motifs is 1. The zero-order valence-electron chi connectivity index (χ0n) is 11.1. The molecule has 0 amide bonds. The SMILES string of the molecule is Cn1nnc2c(C(=O)O)nc(C3CCCCC3)n2c1=O. The first-order valence-corrected chi connectivity index (χ1v) is 6.65. The molecule has 1 saturated carbocycles. The summed E-state index contributed by atoms with van der Waals surface area (Å²) in [6, 6.07) is 0. The van der Waals surface area contributed by atoms with Crippen molar-refractivity contribution in [2.45, 2.75) is 38.0 Å². The van der Waals surface area contributed by atoms with Crippen LogP contribution in [-0.2, 0) is 7.05 Å². The minimum Gasteiger partial charge on any atom is -0.476 e. The van der Waals surface area contributed by atoms with Crippen molar-refractivity contribution in [1.82, 2.24) is 24.4 Å². The molecule has 0 saturated heterocycles. The second-order valence-corrected chi connectivity index (χ2v) is 5.11. The predicted octanol–water partition coefficient (Wildman–Crippen LogP) is 0.569. The zero-order valence-corrected chi connectivity index (χ0v) is 11.1. The van der Waals surface area contributed by atoms with Gasteiger partial charge in [-0.2, -0.15) is 4.68 Å². The van der Waals surface area contributed by atoms with Crippen molar-refractivity contribution in [3.8, 4) is 0 Å². The van der Waals surface area contributed by atoms with Gasteiger partial charge >= 0.3 is 11.7 Å². The summed E-state index contributed by atoms with van der Waals surface area (Å²) < 4.78 is 2.39. The van der Waals surface area contributed by atoms with E-state index in [1.165, 1.54) is 17.9 Å². The Balaban J connectivity index is 2.27. The minimum atomic E-state index is -1.19. The summed E-state index contributed by atoms with van der Waals surface area (Å²) in [5.74, 6) is -0.569. The minimum absolute atomic E-state index is 0.0289. The Hall–Kier alpha value is -2.25. The molecular weight excluding hydrogens is 262 g/mol. The molecule has 1 fully saturated rings. The van der Waals surface area contributed by atoms with Gasteiger partial charge in [-0.1, -0.05) is 24.5 Å². The van der Waals surface area contributed by atoms with Crippen molar-refractivity contribution in [2.24, 2.45) is 7.05 Å². The van der Waals surface area contributed by atoms with E-state index in [1.807, 2.05) is 0 Å². The number of nitrogens with zero attached hydrogens (tertiary/aromatic N) is 5. The third-order valence-corrected chi connectivity index (χ3v) is 3.79. The lowest BCUT2D eigenvalue weighted by Crippen LogP contribution is -2.29. The summed E-state index contributed by atoms with van der Waals surface area (Å²) in [6.07, 6.45) is 5.15. The van der Waals surface area contributed by atoms with E-state index in [9.17, 15) is 14.7 Å². The molecule has 0 aliphatic heterocycles. The number of aromatic nitrogens is 5. The molecule has 0 spiro atoms. The van der Waals surface area contributed by atoms with Crippen LogP contribution in [0.15, 0.2) is 4.79 Å². The second kappa shape index (κ2) is 4.69. The van der Waals surface area contributed by atoms with Crippen molar-refractivity contribution in [3.05, 3.63) is 22.0 Å². The molecule has 106 valence electrons. The third kappa shape index (κ3) is 1.87. The monoisotopic (exact) mass is 277 g/mol. The van der Waals surface area contributed by atoms with Gasteiger partial charge in [0.25, 0.3) is 0 Å². The van der Waals surface area contributed by atoms with Gasteiger partial charge in [0.05, 0.1) is 0 Å². The number of aromatic carboxylic acids is 1. The summed E-state index contributed by atoms with van der Waals surface area (Å²) in [4.78, 5) is 27.6. The lowest BCUT2D eigenvalue weighted by atomic mass is 9.89. The molecule has 3 rings (SSSR count). The van der Waals surface area contributed by atoms with Gasteiger partial charge in [-0.25, -0.2) is 19.0 Å². The van der Waals surface area contributed by atoms with Crippen LogP contribution >= 0.6 is 0 Å². The Morgan fingerprint density at radius 3 is 2.65 bits per heavy atom. The van der Waals surface area contributed by atoms with Crippen molar-refractivity contribution in [2.75, 3.05) is 0 Å². The van der Waals surface area contributed by atoms with Crippen LogP contribution in [0.1, 0.15) is 54.3 Å². The molecule has 0 bridgehead atoms. The van der Waals surface area contributed by atoms with E-state index in [-0.39, 0.29) is 17.3 Å². The molecule has 8 nitrogen and oxygen atoms in total. The maximum absolute atomic E-state index is 12.2. The van der Waals surface area contributed by atoms with Crippen LogP contribution in [0.2, 0.25) is 0 Å². The van der Waals surface area contributed by atoms with Gasteiger partial charge in [-0.15, -0.1) is 5.10 Å². The van der Waals surface area contributed by atoms with Gasteiger partial charge < -0.3 is 5.11 Å². The van der Waals surface area contributed by atoms with Crippen LogP contribution in [0.5, 0.6) is 0 Å². The lowest BCUT2D eigenvalue weighted by molar-refractivity contribution is 0.0692. The first kappa shape index (κ1) is 12.8. The quantitative estimate of drug-likeness (QED) is 0.860. The molecule has 0 radical (unpaired) electrons. The molecule has 20 heavy (non-hydrogen) atoms. The highest BCUT2D eigenvalue weighted by molar-refractivity contribution is 5.92. The molecule has 1 aliphatic carbocycles.